The Hall–Kier alpha value is -2.77. The minimum Gasteiger partial charge on any atom is -0.364 e. The molecule has 2 aromatic heterocycles. The van der Waals surface area contributed by atoms with Crippen molar-refractivity contribution < 1.29 is 4.92 Å². The molecule has 0 atom stereocenters. The Morgan fingerprint density at radius 1 is 0.824 bits per heavy atom. The number of aromatic nitrogens is 3. The summed E-state index contributed by atoms with van der Waals surface area (Å²) in [6.45, 7) is 4.85. The lowest BCUT2D eigenvalue weighted by Gasteiger charge is -2.10. The smallest absolute Gasteiger partial charge is 0.353 e. The van der Waals surface area contributed by atoms with Crippen LogP contribution in [0.5, 0.6) is 0 Å². The van der Waals surface area contributed by atoms with Gasteiger partial charge in [-0.15, -0.1) is 0 Å². The Kier molecular flexibility index (Phi) is 13.6. The van der Waals surface area contributed by atoms with E-state index in [1.165, 1.54) is 83.4 Å². The van der Waals surface area contributed by atoms with E-state index in [2.05, 4.69) is 32.5 Å². The SMILES string of the molecule is CCCCCCCCCCCCCCCCNc1ncnc(Nc2cc(C)ccn2)c1[N+](=O)[O-]. The average molecular weight is 471 g/mol. The fourth-order valence-corrected chi connectivity index (χ4v) is 4.02. The van der Waals surface area contributed by atoms with E-state index in [4.69, 9.17) is 0 Å². The maximum atomic E-state index is 11.7. The molecule has 188 valence electrons. The molecule has 34 heavy (non-hydrogen) atoms. The first-order valence-corrected chi connectivity index (χ1v) is 13.0. The molecule has 0 aliphatic carbocycles. The largest absolute Gasteiger partial charge is 0.364 e. The van der Waals surface area contributed by atoms with E-state index in [1.54, 1.807) is 6.20 Å². The minimum atomic E-state index is -0.453. The molecule has 0 aliphatic heterocycles. The lowest BCUT2D eigenvalue weighted by Crippen LogP contribution is -2.09. The minimum absolute atomic E-state index is 0.140. The third-order valence-corrected chi connectivity index (χ3v) is 5.99. The third kappa shape index (κ3) is 10.9. The van der Waals surface area contributed by atoms with E-state index in [9.17, 15) is 10.1 Å². The summed E-state index contributed by atoms with van der Waals surface area (Å²) >= 11 is 0. The van der Waals surface area contributed by atoms with Crippen LogP contribution in [0, 0.1) is 17.0 Å². The van der Waals surface area contributed by atoms with Crippen molar-refractivity contribution in [3.05, 3.63) is 40.3 Å². The summed E-state index contributed by atoms with van der Waals surface area (Å²) in [4.78, 5) is 23.6. The quantitative estimate of drug-likeness (QED) is 0.123. The van der Waals surface area contributed by atoms with Crippen molar-refractivity contribution in [2.24, 2.45) is 0 Å². The summed E-state index contributed by atoms with van der Waals surface area (Å²) in [7, 11) is 0. The number of aryl methyl sites for hydroxylation is 1. The zero-order chi connectivity index (χ0) is 24.4. The normalized spacial score (nSPS) is 10.9. The highest BCUT2D eigenvalue weighted by atomic mass is 16.6. The molecular formula is C26H42N6O2. The molecule has 0 radical (unpaired) electrons. The number of nitrogens with one attached hydrogen (secondary N) is 2. The summed E-state index contributed by atoms with van der Waals surface area (Å²) in [5, 5.41) is 17.8. The van der Waals surface area contributed by atoms with Crippen LogP contribution in [-0.4, -0.2) is 26.4 Å². The van der Waals surface area contributed by atoms with E-state index in [0.29, 0.717) is 12.4 Å². The Balaban J connectivity index is 1.61. The predicted molar refractivity (Wildman–Crippen MR) is 140 cm³/mol. The Morgan fingerprint density at radius 2 is 1.38 bits per heavy atom. The van der Waals surface area contributed by atoms with Gasteiger partial charge >= 0.3 is 5.69 Å². The van der Waals surface area contributed by atoms with E-state index in [-0.39, 0.29) is 17.3 Å². The van der Waals surface area contributed by atoms with Crippen LogP contribution in [0.4, 0.5) is 23.1 Å². The number of hydrogen-bond acceptors (Lipinski definition) is 7. The fraction of sp³-hybridized carbons (Fsp3) is 0.654. The molecular weight excluding hydrogens is 428 g/mol. The van der Waals surface area contributed by atoms with Gasteiger partial charge in [-0.05, 0) is 31.0 Å². The molecule has 0 aromatic carbocycles. The van der Waals surface area contributed by atoms with Crippen LogP contribution < -0.4 is 10.6 Å². The molecule has 2 heterocycles. The van der Waals surface area contributed by atoms with Crippen molar-refractivity contribution in [2.45, 2.75) is 104 Å². The number of hydrogen-bond donors (Lipinski definition) is 2. The van der Waals surface area contributed by atoms with Crippen LogP contribution in [-0.2, 0) is 0 Å². The van der Waals surface area contributed by atoms with Gasteiger partial charge in [0.2, 0.25) is 11.6 Å². The molecule has 0 bridgehead atoms. The highest BCUT2D eigenvalue weighted by Crippen LogP contribution is 2.30. The first-order chi connectivity index (χ1) is 16.6. The predicted octanol–water partition coefficient (Wildman–Crippen LogP) is 7.73. The van der Waals surface area contributed by atoms with Crippen LogP contribution in [0.3, 0.4) is 0 Å². The second kappa shape index (κ2) is 16.8. The maximum Gasteiger partial charge on any atom is 0.353 e. The van der Waals surface area contributed by atoms with Gasteiger partial charge in [-0.3, -0.25) is 10.1 Å². The summed E-state index contributed by atoms with van der Waals surface area (Å²) < 4.78 is 0. The van der Waals surface area contributed by atoms with Gasteiger partial charge in [-0.2, -0.15) is 0 Å². The van der Waals surface area contributed by atoms with Gasteiger partial charge in [0.1, 0.15) is 12.1 Å². The molecule has 8 heteroatoms. The molecule has 2 rings (SSSR count). The number of unbranched alkanes of at least 4 members (excludes halogenated alkanes) is 13. The molecule has 0 fully saturated rings. The van der Waals surface area contributed by atoms with Crippen molar-refractivity contribution in [3.8, 4) is 0 Å². The highest BCUT2D eigenvalue weighted by molar-refractivity contribution is 5.72. The van der Waals surface area contributed by atoms with Crippen molar-refractivity contribution in [3.63, 3.8) is 0 Å². The van der Waals surface area contributed by atoms with Crippen molar-refractivity contribution >= 4 is 23.1 Å². The molecule has 0 aliphatic rings. The molecule has 0 saturated carbocycles. The first kappa shape index (κ1) is 27.5. The molecule has 0 saturated heterocycles. The summed E-state index contributed by atoms with van der Waals surface area (Å²) in [5.74, 6) is 0.895. The van der Waals surface area contributed by atoms with Crippen LogP contribution in [0.2, 0.25) is 0 Å². The van der Waals surface area contributed by atoms with Gasteiger partial charge in [-0.1, -0.05) is 90.4 Å². The fourth-order valence-electron chi connectivity index (χ4n) is 4.02. The van der Waals surface area contributed by atoms with Gasteiger partial charge < -0.3 is 10.6 Å². The van der Waals surface area contributed by atoms with Crippen molar-refractivity contribution in [1.29, 1.82) is 0 Å². The second-order valence-corrected chi connectivity index (χ2v) is 9.04. The molecule has 2 aromatic rings. The second-order valence-electron chi connectivity index (χ2n) is 9.04. The molecule has 8 nitrogen and oxygen atoms in total. The first-order valence-electron chi connectivity index (χ1n) is 13.0. The summed E-state index contributed by atoms with van der Waals surface area (Å²) in [6.07, 6.45) is 21.2. The Bertz CT molecular complexity index is 846. The molecule has 0 spiro atoms. The molecule has 2 N–H and O–H groups in total. The zero-order valence-corrected chi connectivity index (χ0v) is 21.0. The van der Waals surface area contributed by atoms with Gasteiger partial charge in [0.15, 0.2) is 0 Å². The number of nitro groups is 1. The standard InChI is InChI=1S/C26H42N6O2/c1-3-4-5-6-7-8-9-10-11-12-13-14-15-16-18-28-25-24(32(33)34)26(30-21-29-25)31-23-20-22(2)17-19-27-23/h17,19-21H,3-16,18H2,1-2H3,(H2,27,28,29,30,31). The van der Waals surface area contributed by atoms with Gasteiger partial charge in [0, 0.05) is 12.7 Å². The van der Waals surface area contributed by atoms with E-state index in [1.807, 2.05) is 19.1 Å². The van der Waals surface area contributed by atoms with Gasteiger partial charge in [0.25, 0.3) is 0 Å². The Labute approximate surface area is 204 Å². The number of rotatable bonds is 19. The lowest BCUT2D eigenvalue weighted by molar-refractivity contribution is -0.383. The summed E-state index contributed by atoms with van der Waals surface area (Å²) in [5.41, 5.74) is 0.849. The highest BCUT2D eigenvalue weighted by Gasteiger charge is 2.23. The van der Waals surface area contributed by atoms with E-state index >= 15 is 0 Å². The van der Waals surface area contributed by atoms with Gasteiger partial charge in [-0.25, -0.2) is 15.0 Å². The lowest BCUT2D eigenvalue weighted by atomic mass is 10.0. The number of pyridine rings is 1. The van der Waals surface area contributed by atoms with E-state index in [0.717, 1.165) is 18.4 Å². The van der Waals surface area contributed by atoms with Crippen LogP contribution in [0.15, 0.2) is 24.7 Å². The topological polar surface area (TPSA) is 106 Å². The molecule has 0 amide bonds. The molecule has 0 unspecified atom stereocenters. The Morgan fingerprint density at radius 3 is 1.94 bits per heavy atom. The average Bonchev–Trinajstić information content (AvgIpc) is 2.81. The van der Waals surface area contributed by atoms with Crippen LogP contribution >= 0.6 is 0 Å². The van der Waals surface area contributed by atoms with Crippen LogP contribution in [0.1, 0.15) is 102 Å². The van der Waals surface area contributed by atoms with Crippen molar-refractivity contribution in [1.82, 2.24) is 15.0 Å². The zero-order valence-electron chi connectivity index (χ0n) is 21.0. The van der Waals surface area contributed by atoms with Gasteiger partial charge in [0.05, 0.1) is 4.92 Å². The number of anilines is 3. The van der Waals surface area contributed by atoms with E-state index < -0.39 is 4.92 Å². The summed E-state index contributed by atoms with van der Waals surface area (Å²) in [6, 6.07) is 3.68. The maximum absolute atomic E-state index is 11.7. The van der Waals surface area contributed by atoms with Crippen LogP contribution in [0.25, 0.3) is 0 Å². The third-order valence-electron chi connectivity index (χ3n) is 5.99. The monoisotopic (exact) mass is 470 g/mol. The number of nitrogens with zero attached hydrogens (tertiary/aromatic N) is 4. The van der Waals surface area contributed by atoms with Crippen molar-refractivity contribution in [2.75, 3.05) is 17.2 Å².